The molecule has 0 fully saturated rings. The Labute approximate surface area is 55.8 Å². The minimum atomic E-state index is -1.24. The van der Waals surface area contributed by atoms with E-state index in [1.165, 1.54) is 0 Å². The van der Waals surface area contributed by atoms with Gasteiger partial charge in [-0.3, -0.25) is 4.35 Å². The fraction of sp³-hybridized carbons (Fsp3) is 0.600. The Balaban J connectivity index is 2.90. The molecule has 9 heavy (non-hydrogen) atoms. The van der Waals surface area contributed by atoms with Gasteiger partial charge in [-0.1, -0.05) is 0 Å². The van der Waals surface area contributed by atoms with Crippen LogP contribution in [0, 0.1) is 0 Å². The fourth-order valence-corrected chi connectivity index (χ4v) is 1.37. The molecule has 0 spiro atoms. The molecule has 1 aromatic heterocycles. The van der Waals surface area contributed by atoms with Gasteiger partial charge >= 0.3 is 0 Å². The largest absolute Gasteiger partial charge is 0.284 e. The quantitative estimate of drug-likeness (QED) is 0.545. The number of hydrogen-bond acceptors (Lipinski definition) is 2. The van der Waals surface area contributed by atoms with Gasteiger partial charge in [-0.05, 0) is 19.6 Å². The lowest BCUT2D eigenvalue weighted by Crippen LogP contribution is -2.32. The van der Waals surface area contributed by atoms with Gasteiger partial charge in [-0.2, -0.15) is 5.10 Å². The molecule has 0 amide bonds. The van der Waals surface area contributed by atoms with Gasteiger partial charge in [0.1, 0.15) is 12.7 Å². The summed E-state index contributed by atoms with van der Waals surface area (Å²) in [5.74, 6) is 0. The van der Waals surface area contributed by atoms with Crippen molar-refractivity contribution in [3.05, 3.63) is 12.7 Å². The molecule has 1 heterocycles. The smallest absolute Gasteiger partial charge is 0.178 e. The number of rotatable bonds is 1. The van der Waals surface area contributed by atoms with E-state index < -0.39 is 8.24 Å². The zero-order valence-electron chi connectivity index (χ0n) is 6.00. The van der Waals surface area contributed by atoms with Gasteiger partial charge in [-0.25, -0.2) is 4.98 Å². The van der Waals surface area contributed by atoms with Crippen molar-refractivity contribution < 1.29 is 0 Å². The van der Waals surface area contributed by atoms with Crippen LogP contribution in [0.25, 0.3) is 0 Å². The zero-order chi connectivity index (χ0) is 6.91. The van der Waals surface area contributed by atoms with Crippen LogP contribution < -0.4 is 0 Å². The zero-order valence-corrected chi connectivity index (χ0v) is 7.00. The van der Waals surface area contributed by atoms with E-state index in [1.54, 1.807) is 12.7 Å². The normalized spacial score (nSPS) is 11.9. The Morgan fingerprint density at radius 3 is 2.22 bits per heavy atom. The molecule has 0 aromatic carbocycles. The number of aromatic nitrogens is 3. The molecule has 0 aliphatic rings. The molecule has 0 saturated carbocycles. The van der Waals surface area contributed by atoms with Crippen molar-refractivity contribution in [2.24, 2.45) is 0 Å². The fourth-order valence-electron chi connectivity index (χ4n) is 0.555. The van der Waals surface area contributed by atoms with Crippen molar-refractivity contribution in [2.75, 3.05) is 0 Å². The molecule has 0 aliphatic carbocycles. The maximum Gasteiger partial charge on any atom is 0.178 e. The van der Waals surface area contributed by atoms with Crippen molar-refractivity contribution in [1.82, 2.24) is 14.4 Å². The summed E-state index contributed by atoms with van der Waals surface area (Å²) in [5, 5.41) is 4.05. The molecule has 0 radical (unpaired) electrons. The Kier molecular flexibility index (Phi) is 1.40. The third-order valence-corrected chi connectivity index (χ3v) is 2.71. The van der Waals surface area contributed by atoms with E-state index in [0.29, 0.717) is 0 Å². The first-order chi connectivity index (χ1) is 4.11. The van der Waals surface area contributed by atoms with Gasteiger partial charge in [0, 0.05) is 0 Å². The Hall–Kier alpha value is -0.643. The summed E-state index contributed by atoms with van der Waals surface area (Å²) in [6.45, 7) is 6.67. The van der Waals surface area contributed by atoms with Gasteiger partial charge in [0.05, 0.1) is 0 Å². The lowest BCUT2D eigenvalue weighted by molar-refractivity contribution is 0.933. The van der Waals surface area contributed by atoms with Crippen LogP contribution in [0.2, 0.25) is 19.6 Å². The summed E-state index contributed by atoms with van der Waals surface area (Å²) < 4.78 is 1.97. The van der Waals surface area contributed by atoms with Gasteiger partial charge in [0.15, 0.2) is 8.24 Å². The second kappa shape index (κ2) is 1.95. The van der Waals surface area contributed by atoms with Crippen LogP contribution in [-0.4, -0.2) is 22.7 Å². The SMILES string of the molecule is C[Si](C)(C)n1cncn1. The maximum absolute atomic E-state index is 4.05. The summed E-state index contributed by atoms with van der Waals surface area (Å²) in [6, 6.07) is 0. The molecule has 0 bridgehead atoms. The topological polar surface area (TPSA) is 30.7 Å². The lowest BCUT2D eigenvalue weighted by atomic mass is 11.3. The van der Waals surface area contributed by atoms with Gasteiger partial charge < -0.3 is 0 Å². The van der Waals surface area contributed by atoms with E-state index in [0.717, 1.165) is 0 Å². The van der Waals surface area contributed by atoms with Crippen LogP contribution in [-0.2, 0) is 0 Å². The molecule has 4 heteroatoms. The monoisotopic (exact) mass is 141 g/mol. The minimum Gasteiger partial charge on any atom is -0.284 e. The molecule has 50 valence electrons. The van der Waals surface area contributed by atoms with Gasteiger partial charge in [0.2, 0.25) is 0 Å². The van der Waals surface area contributed by atoms with E-state index in [1.807, 2.05) is 4.35 Å². The molecule has 1 aromatic rings. The standard InChI is InChI=1S/C5H11N3Si/c1-9(2,3)8-5-6-4-7-8/h4-5H,1-3H3. The van der Waals surface area contributed by atoms with Crippen LogP contribution in [0.1, 0.15) is 0 Å². The molecule has 0 atom stereocenters. The Morgan fingerprint density at radius 1 is 1.33 bits per heavy atom. The first-order valence-electron chi connectivity index (χ1n) is 2.96. The Morgan fingerprint density at radius 2 is 2.00 bits per heavy atom. The molecular formula is C5H11N3Si. The average molecular weight is 141 g/mol. The molecular weight excluding hydrogens is 130 g/mol. The molecule has 0 saturated heterocycles. The molecule has 0 unspecified atom stereocenters. The van der Waals surface area contributed by atoms with Crippen LogP contribution in [0.4, 0.5) is 0 Å². The van der Waals surface area contributed by atoms with Crippen molar-refractivity contribution in [1.29, 1.82) is 0 Å². The van der Waals surface area contributed by atoms with Crippen molar-refractivity contribution in [2.45, 2.75) is 19.6 Å². The average Bonchev–Trinajstić information content (AvgIpc) is 2.08. The second-order valence-electron chi connectivity index (χ2n) is 3.01. The van der Waals surface area contributed by atoms with Crippen molar-refractivity contribution in [3.63, 3.8) is 0 Å². The van der Waals surface area contributed by atoms with E-state index in [-0.39, 0.29) is 0 Å². The van der Waals surface area contributed by atoms with Crippen LogP contribution in [0.5, 0.6) is 0 Å². The molecule has 0 aliphatic heterocycles. The number of nitrogens with zero attached hydrogens (tertiary/aromatic N) is 3. The molecule has 3 nitrogen and oxygen atoms in total. The van der Waals surface area contributed by atoms with Gasteiger partial charge in [-0.15, -0.1) is 0 Å². The van der Waals surface area contributed by atoms with Gasteiger partial charge in [0.25, 0.3) is 0 Å². The van der Waals surface area contributed by atoms with E-state index in [9.17, 15) is 0 Å². The molecule has 0 N–H and O–H groups in total. The third kappa shape index (κ3) is 1.38. The highest BCUT2D eigenvalue weighted by Gasteiger charge is 2.15. The summed E-state index contributed by atoms with van der Waals surface area (Å²) in [5.41, 5.74) is 0. The van der Waals surface area contributed by atoms with Crippen LogP contribution in [0.15, 0.2) is 12.7 Å². The van der Waals surface area contributed by atoms with Crippen molar-refractivity contribution in [3.8, 4) is 0 Å². The van der Waals surface area contributed by atoms with E-state index >= 15 is 0 Å². The first kappa shape index (κ1) is 6.48. The summed E-state index contributed by atoms with van der Waals surface area (Å²) in [4.78, 5) is 3.88. The third-order valence-electron chi connectivity index (χ3n) is 1.11. The number of hydrogen-bond donors (Lipinski definition) is 0. The van der Waals surface area contributed by atoms with Crippen LogP contribution >= 0.6 is 0 Å². The van der Waals surface area contributed by atoms with Crippen molar-refractivity contribution >= 4 is 8.24 Å². The van der Waals surface area contributed by atoms with E-state index in [2.05, 4.69) is 29.7 Å². The summed E-state index contributed by atoms with van der Waals surface area (Å²) >= 11 is 0. The van der Waals surface area contributed by atoms with Crippen LogP contribution in [0.3, 0.4) is 0 Å². The summed E-state index contributed by atoms with van der Waals surface area (Å²) in [7, 11) is -1.24. The van der Waals surface area contributed by atoms with E-state index in [4.69, 9.17) is 0 Å². The Bertz CT molecular complexity index is 175. The highest BCUT2D eigenvalue weighted by molar-refractivity contribution is 6.74. The predicted octanol–water partition coefficient (Wildman–Crippen LogP) is 0.961. The lowest BCUT2D eigenvalue weighted by Gasteiger charge is -2.14. The predicted molar refractivity (Wildman–Crippen MR) is 38.8 cm³/mol. The second-order valence-corrected chi connectivity index (χ2v) is 7.81. The summed E-state index contributed by atoms with van der Waals surface area (Å²) in [6.07, 6.45) is 3.37. The minimum absolute atomic E-state index is 1.24. The maximum atomic E-state index is 4.05. The first-order valence-corrected chi connectivity index (χ1v) is 6.40. The highest BCUT2D eigenvalue weighted by Crippen LogP contribution is 2.00. The highest BCUT2D eigenvalue weighted by atomic mass is 28.3. The molecule has 1 rings (SSSR count).